The zero-order chi connectivity index (χ0) is 20.8. The molecule has 0 fully saturated rings. The summed E-state index contributed by atoms with van der Waals surface area (Å²) in [5.41, 5.74) is 5.11. The standard InChI is InChI=1S/C22H27N5O2/c1-15-12-16(2)27(26-15)19-9-7-6-8-17(19)14-24-22(23-3)25-18-10-11-20(28-4)21(13-18)29-5/h6-13H,14H2,1-5H3,(H2,23,24,25). The van der Waals surface area contributed by atoms with Crippen molar-refractivity contribution in [3.63, 3.8) is 0 Å². The summed E-state index contributed by atoms with van der Waals surface area (Å²) in [4.78, 5) is 4.32. The lowest BCUT2D eigenvalue weighted by Crippen LogP contribution is -2.30. The number of aliphatic imine (C=N–C) groups is 1. The van der Waals surface area contributed by atoms with Crippen LogP contribution < -0.4 is 20.1 Å². The van der Waals surface area contributed by atoms with Crippen LogP contribution in [0.3, 0.4) is 0 Å². The molecule has 0 saturated heterocycles. The second kappa shape index (κ2) is 9.14. The van der Waals surface area contributed by atoms with Gasteiger partial charge in [0.05, 0.1) is 25.6 Å². The fourth-order valence-electron chi connectivity index (χ4n) is 3.15. The number of aromatic nitrogens is 2. The van der Waals surface area contributed by atoms with Crippen LogP contribution in [0.2, 0.25) is 0 Å². The number of nitrogens with one attached hydrogen (secondary N) is 2. The van der Waals surface area contributed by atoms with Gasteiger partial charge in [0, 0.05) is 31.0 Å². The second-order valence-electron chi connectivity index (χ2n) is 6.59. The molecule has 0 aliphatic rings. The minimum atomic E-state index is 0.599. The highest BCUT2D eigenvalue weighted by Gasteiger charge is 2.10. The van der Waals surface area contributed by atoms with Crippen molar-refractivity contribution >= 4 is 11.6 Å². The highest BCUT2D eigenvalue weighted by Crippen LogP contribution is 2.29. The van der Waals surface area contributed by atoms with Gasteiger partial charge in [-0.2, -0.15) is 5.10 Å². The number of anilines is 1. The number of guanidine groups is 1. The zero-order valence-electron chi connectivity index (χ0n) is 17.5. The van der Waals surface area contributed by atoms with Crippen LogP contribution in [-0.4, -0.2) is 37.0 Å². The van der Waals surface area contributed by atoms with Crippen LogP contribution in [0.5, 0.6) is 11.5 Å². The predicted octanol–water partition coefficient (Wildman–Crippen LogP) is 3.69. The van der Waals surface area contributed by atoms with E-state index in [4.69, 9.17) is 9.47 Å². The fourth-order valence-corrected chi connectivity index (χ4v) is 3.15. The number of hydrogen-bond acceptors (Lipinski definition) is 4. The van der Waals surface area contributed by atoms with Gasteiger partial charge in [-0.3, -0.25) is 4.99 Å². The monoisotopic (exact) mass is 393 g/mol. The molecule has 0 bridgehead atoms. The van der Waals surface area contributed by atoms with Gasteiger partial charge in [-0.05, 0) is 43.7 Å². The maximum atomic E-state index is 5.36. The van der Waals surface area contributed by atoms with Gasteiger partial charge in [0.25, 0.3) is 0 Å². The number of hydrogen-bond donors (Lipinski definition) is 2. The fraction of sp³-hybridized carbons (Fsp3) is 0.273. The molecule has 29 heavy (non-hydrogen) atoms. The molecule has 1 aromatic heterocycles. The molecule has 0 atom stereocenters. The van der Waals surface area contributed by atoms with Crippen LogP contribution in [0, 0.1) is 13.8 Å². The Hall–Kier alpha value is -3.48. The van der Waals surface area contributed by atoms with Gasteiger partial charge in [-0.1, -0.05) is 18.2 Å². The molecule has 0 aliphatic carbocycles. The topological polar surface area (TPSA) is 72.7 Å². The summed E-state index contributed by atoms with van der Waals surface area (Å²) in [7, 11) is 4.97. The molecule has 7 heteroatoms. The lowest BCUT2D eigenvalue weighted by molar-refractivity contribution is 0.355. The summed E-state index contributed by atoms with van der Waals surface area (Å²) < 4.78 is 12.6. The quantitative estimate of drug-likeness (QED) is 0.494. The van der Waals surface area contributed by atoms with Gasteiger partial charge < -0.3 is 20.1 Å². The minimum Gasteiger partial charge on any atom is -0.493 e. The van der Waals surface area contributed by atoms with E-state index in [2.05, 4.69) is 45.8 Å². The summed E-state index contributed by atoms with van der Waals surface area (Å²) in [6.07, 6.45) is 0. The lowest BCUT2D eigenvalue weighted by atomic mass is 10.1. The Kier molecular flexibility index (Phi) is 6.39. The SMILES string of the molecule is CN=C(NCc1ccccc1-n1nc(C)cc1C)Nc1ccc(OC)c(OC)c1. The number of nitrogens with zero attached hydrogens (tertiary/aromatic N) is 3. The first kappa shape index (κ1) is 20.3. The van der Waals surface area contributed by atoms with E-state index < -0.39 is 0 Å². The summed E-state index contributed by atoms with van der Waals surface area (Å²) >= 11 is 0. The average molecular weight is 393 g/mol. The molecule has 2 aromatic carbocycles. The van der Waals surface area contributed by atoms with E-state index in [1.807, 2.05) is 41.9 Å². The largest absolute Gasteiger partial charge is 0.493 e. The Morgan fingerprint density at radius 3 is 2.45 bits per heavy atom. The van der Waals surface area contributed by atoms with Crippen molar-refractivity contribution in [1.82, 2.24) is 15.1 Å². The molecule has 0 amide bonds. The van der Waals surface area contributed by atoms with Crippen molar-refractivity contribution in [3.8, 4) is 17.2 Å². The van der Waals surface area contributed by atoms with E-state index in [9.17, 15) is 0 Å². The van der Waals surface area contributed by atoms with Crippen LogP contribution >= 0.6 is 0 Å². The molecule has 1 heterocycles. The Morgan fingerprint density at radius 2 is 1.79 bits per heavy atom. The third-order valence-electron chi connectivity index (χ3n) is 4.55. The second-order valence-corrected chi connectivity index (χ2v) is 6.59. The summed E-state index contributed by atoms with van der Waals surface area (Å²) in [5, 5.41) is 11.3. The van der Waals surface area contributed by atoms with Crippen LogP contribution in [0.15, 0.2) is 53.5 Å². The molecule has 0 unspecified atom stereocenters. The normalized spacial score (nSPS) is 11.3. The molecule has 0 saturated carbocycles. The number of para-hydroxylation sites is 1. The minimum absolute atomic E-state index is 0.599. The van der Waals surface area contributed by atoms with Crippen LogP contribution in [0.4, 0.5) is 5.69 Å². The summed E-state index contributed by atoms with van der Waals surface area (Å²) in [6.45, 7) is 4.66. The van der Waals surface area contributed by atoms with Crippen LogP contribution in [0.1, 0.15) is 17.0 Å². The smallest absolute Gasteiger partial charge is 0.195 e. The zero-order valence-corrected chi connectivity index (χ0v) is 17.5. The summed E-state index contributed by atoms with van der Waals surface area (Å²) in [5.74, 6) is 1.99. The molecule has 3 aromatic rings. The van der Waals surface area contributed by atoms with Crippen molar-refractivity contribution in [2.75, 3.05) is 26.6 Å². The van der Waals surface area contributed by atoms with E-state index in [1.165, 1.54) is 0 Å². The highest BCUT2D eigenvalue weighted by molar-refractivity contribution is 5.93. The molecule has 0 radical (unpaired) electrons. The van der Waals surface area contributed by atoms with Crippen molar-refractivity contribution < 1.29 is 9.47 Å². The van der Waals surface area contributed by atoms with Crippen LogP contribution in [-0.2, 0) is 6.54 Å². The Balaban J connectivity index is 1.75. The molecule has 0 spiro atoms. The van der Waals surface area contributed by atoms with Crippen molar-refractivity contribution in [1.29, 1.82) is 0 Å². The van der Waals surface area contributed by atoms with Gasteiger partial charge in [-0.15, -0.1) is 0 Å². The lowest BCUT2D eigenvalue weighted by Gasteiger charge is -2.16. The first-order valence-electron chi connectivity index (χ1n) is 9.37. The molecule has 152 valence electrons. The molecule has 7 nitrogen and oxygen atoms in total. The molecule has 0 aliphatic heterocycles. The van der Waals surface area contributed by atoms with Gasteiger partial charge in [0.1, 0.15) is 0 Å². The van der Waals surface area contributed by atoms with Gasteiger partial charge >= 0.3 is 0 Å². The first-order valence-corrected chi connectivity index (χ1v) is 9.37. The van der Waals surface area contributed by atoms with E-state index in [0.717, 1.165) is 28.3 Å². The van der Waals surface area contributed by atoms with Crippen molar-refractivity contribution in [2.45, 2.75) is 20.4 Å². The van der Waals surface area contributed by atoms with E-state index in [1.54, 1.807) is 21.3 Å². The van der Waals surface area contributed by atoms with E-state index >= 15 is 0 Å². The Morgan fingerprint density at radius 1 is 1.03 bits per heavy atom. The number of rotatable bonds is 6. The van der Waals surface area contributed by atoms with Gasteiger partial charge in [-0.25, -0.2) is 4.68 Å². The molecule has 2 N–H and O–H groups in total. The Labute approximate surface area is 171 Å². The number of ether oxygens (including phenoxy) is 2. The average Bonchev–Trinajstić information content (AvgIpc) is 3.08. The number of methoxy groups -OCH3 is 2. The van der Waals surface area contributed by atoms with Crippen molar-refractivity contribution in [3.05, 3.63) is 65.5 Å². The predicted molar refractivity (Wildman–Crippen MR) is 116 cm³/mol. The molecular weight excluding hydrogens is 366 g/mol. The van der Waals surface area contributed by atoms with Gasteiger partial charge in [0.2, 0.25) is 0 Å². The maximum absolute atomic E-state index is 5.36. The third-order valence-corrected chi connectivity index (χ3v) is 4.55. The van der Waals surface area contributed by atoms with E-state index in [-0.39, 0.29) is 0 Å². The third kappa shape index (κ3) is 4.68. The van der Waals surface area contributed by atoms with Gasteiger partial charge in [0.15, 0.2) is 17.5 Å². The molecular formula is C22H27N5O2. The molecule has 3 rings (SSSR count). The Bertz CT molecular complexity index is 1010. The summed E-state index contributed by atoms with van der Waals surface area (Å²) in [6, 6.07) is 15.9. The van der Waals surface area contributed by atoms with E-state index in [0.29, 0.717) is 24.0 Å². The van der Waals surface area contributed by atoms with Crippen molar-refractivity contribution in [2.24, 2.45) is 4.99 Å². The van der Waals surface area contributed by atoms with Crippen LogP contribution in [0.25, 0.3) is 5.69 Å². The first-order chi connectivity index (χ1) is 14.0. The number of benzene rings is 2. The maximum Gasteiger partial charge on any atom is 0.195 e. The highest BCUT2D eigenvalue weighted by atomic mass is 16.5. The number of aryl methyl sites for hydroxylation is 2.